The van der Waals surface area contributed by atoms with E-state index in [1.807, 2.05) is 55.4 Å². The topological polar surface area (TPSA) is 49.3 Å². The monoisotopic (exact) mass is 396 g/mol. The van der Waals surface area contributed by atoms with E-state index >= 15 is 0 Å². The number of carbonyl (C=O) groups is 1. The van der Waals surface area contributed by atoms with Gasteiger partial charge in [0.05, 0.1) is 40.1 Å². The molecule has 0 saturated carbocycles. The van der Waals surface area contributed by atoms with Gasteiger partial charge in [0.1, 0.15) is 10.0 Å². The number of likely N-dealkylation sites (N-methyl/N-ethyl adjacent to an activating group) is 2. The van der Waals surface area contributed by atoms with E-state index in [4.69, 9.17) is 0 Å². The third-order valence-electron chi connectivity index (χ3n) is 4.28. The van der Waals surface area contributed by atoms with Crippen LogP contribution in [0.25, 0.3) is 20.4 Å². The smallest absolute Gasteiger partial charge is 0.236 e. The predicted octanol–water partition coefficient (Wildman–Crippen LogP) is 4.00. The molecule has 2 aromatic carbocycles. The van der Waals surface area contributed by atoms with E-state index in [0.29, 0.717) is 19.6 Å². The van der Waals surface area contributed by atoms with Crippen LogP contribution in [0, 0.1) is 0 Å². The highest BCUT2D eigenvalue weighted by Crippen LogP contribution is 2.23. The number of amides is 1. The molecule has 0 atom stereocenters. The van der Waals surface area contributed by atoms with Gasteiger partial charge in [-0.25, -0.2) is 9.97 Å². The molecule has 0 aliphatic heterocycles. The first-order valence-corrected chi connectivity index (χ1v) is 10.3. The summed E-state index contributed by atoms with van der Waals surface area (Å²) in [6.45, 7) is 1.56. The van der Waals surface area contributed by atoms with E-state index in [9.17, 15) is 4.79 Å². The molecule has 0 bridgehead atoms. The number of hydrogen-bond acceptors (Lipinski definition) is 6. The highest BCUT2D eigenvalue weighted by molar-refractivity contribution is 7.18. The van der Waals surface area contributed by atoms with Crippen molar-refractivity contribution in [2.45, 2.75) is 13.1 Å². The van der Waals surface area contributed by atoms with E-state index in [2.05, 4.69) is 22.1 Å². The summed E-state index contributed by atoms with van der Waals surface area (Å²) in [5.74, 6) is 0.0814. The summed E-state index contributed by atoms with van der Waals surface area (Å²) in [5.41, 5.74) is 2.01. The summed E-state index contributed by atoms with van der Waals surface area (Å²) >= 11 is 3.32. The van der Waals surface area contributed by atoms with Gasteiger partial charge in [-0.2, -0.15) is 0 Å². The molecule has 0 saturated heterocycles. The second kappa shape index (κ2) is 7.72. The van der Waals surface area contributed by atoms with Gasteiger partial charge in [0.2, 0.25) is 5.91 Å². The number of carbonyl (C=O) groups excluding carboxylic acids is 1. The molecule has 0 unspecified atom stereocenters. The van der Waals surface area contributed by atoms with Gasteiger partial charge in [0.15, 0.2) is 0 Å². The van der Waals surface area contributed by atoms with Crippen LogP contribution >= 0.6 is 22.7 Å². The van der Waals surface area contributed by atoms with E-state index in [0.717, 1.165) is 25.7 Å². The fraction of sp³-hybridized carbons (Fsp3) is 0.250. The minimum absolute atomic E-state index is 0.0814. The van der Waals surface area contributed by atoms with Gasteiger partial charge in [-0.3, -0.25) is 9.69 Å². The molecule has 4 rings (SSSR count). The van der Waals surface area contributed by atoms with Crippen LogP contribution in [-0.2, 0) is 17.9 Å². The summed E-state index contributed by atoms with van der Waals surface area (Å²) in [4.78, 5) is 25.6. The standard InChI is InChI=1S/C20H20N4OS2/c1-23(11-18-21-14-7-3-5-9-16(14)26-18)13-20(25)24(2)12-19-22-15-8-4-6-10-17(15)27-19/h3-10H,11-13H2,1-2H3. The number of nitrogens with zero attached hydrogens (tertiary/aromatic N) is 4. The lowest BCUT2D eigenvalue weighted by atomic mass is 10.3. The second-order valence-electron chi connectivity index (χ2n) is 6.57. The Kier molecular flexibility index (Phi) is 5.15. The molecule has 5 nitrogen and oxygen atoms in total. The van der Waals surface area contributed by atoms with Crippen molar-refractivity contribution >= 4 is 49.0 Å². The van der Waals surface area contributed by atoms with Gasteiger partial charge >= 0.3 is 0 Å². The molecule has 2 aromatic heterocycles. The molecular formula is C20H20N4OS2. The maximum atomic E-state index is 12.6. The molecule has 0 spiro atoms. The van der Waals surface area contributed by atoms with E-state index < -0.39 is 0 Å². The second-order valence-corrected chi connectivity index (χ2v) is 8.80. The molecule has 0 radical (unpaired) electrons. The van der Waals surface area contributed by atoms with Crippen molar-refractivity contribution in [2.24, 2.45) is 0 Å². The van der Waals surface area contributed by atoms with Crippen LogP contribution in [0.1, 0.15) is 10.0 Å². The average molecular weight is 397 g/mol. The maximum Gasteiger partial charge on any atom is 0.236 e. The Bertz CT molecular complexity index is 1020. The summed E-state index contributed by atoms with van der Waals surface area (Å²) < 4.78 is 2.33. The van der Waals surface area contributed by atoms with E-state index in [-0.39, 0.29) is 5.91 Å². The van der Waals surface area contributed by atoms with Gasteiger partial charge in [-0.15, -0.1) is 22.7 Å². The van der Waals surface area contributed by atoms with Crippen LogP contribution in [0.4, 0.5) is 0 Å². The highest BCUT2D eigenvalue weighted by Gasteiger charge is 2.15. The quantitative estimate of drug-likeness (QED) is 0.494. The maximum absolute atomic E-state index is 12.6. The normalized spacial score (nSPS) is 11.5. The molecule has 0 aliphatic rings. The van der Waals surface area contributed by atoms with Crippen LogP contribution in [0.2, 0.25) is 0 Å². The molecule has 1 amide bonds. The van der Waals surface area contributed by atoms with E-state index in [1.165, 1.54) is 4.70 Å². The lowest BCUT2D eigenvalue weighted by molar-refractivity contribution is -0.131. The van der Waals surface area contributed by atoms with Crippen LogP contribution < -0.4 is 0 Å². The van der Waals surface area contributed by atoms with Gasteiger partial charge in [-0.1, -0.05) is 24.3 Å². The minimum Gasteiger partial charge on any atom is -0.338 e. The Morgan fingerprint density at radius 3 is 1.93 bits per heavy atom. The summed E-state index contributed by atoms with van der Waals surface area (Å²) in [7, 11) is 3.79. The number of hydrogen-bond donors (Lipinski definition) is 0. The van der Waals surface area contributed by atoms with Gasteiger partial charge in [0, 0.05) is 7.05 Å². The Hall–Kier alpha value is -2.35. The summed E-state index contributed by atoms with van der Waals surface area (Å²) in [6.07, 6.45) is 0. The number of fused-ring (bicyclic) bond motifs is 2. The van der Waals surface area contributed by atoms with Crippen molar-refractivity contribution in [3.05, 3.63) is 58.5 Å². The van der Waals surface area contributed by atoms with Crippen molar-refractivity contribution in [1.29, 1.82) is 0 Å². The highest BCUT2D eigenvalue weighted by atomic mass is 32.1. The predicted molar refractivity (Wildman–Crippen MR) is 112 cm³/mol. The first-order valence-electron chi connectivity index (χ1n) is 8.70. The molecule has 0 aliphatic carbocycles. The molecule has 138 valence electrons. The Labute approximate surface area is 165 Å². The molecule has 7 heteroatoms. The fourth-order valence-electron chi connectivity index (χ4n) is 2.90. The lowest BCUT2D eigenvalue weighted by Crippen LogP contribution is -2.36. The van der Waals surface area contributed by atoms with Crippen molar-refractivity contribution < 1.29 is 4.79 Å². The number of aromatic nitrogens is 2. The largest absolute Gasteiger partial charge is 0.338 e. The van der Waals surface area contributed by atoms with Crippen LogP contribution in [0.15, 0.2) is 48.5 Å². The SMILES string of the molecule is CN(CC(=O)N(C)Cc1nc2ccccc2s1)Cc1nc2ccccc2s1. The number of benzene rings is 2. The third-order valence-corrected chi connectivity index (χ3v) is 6.33. The molecular weight excluding hydrogens is 376 g/mol. The average Bonchev–Trinajstić information content (AvgIpc) is 3.23. The molecule has 4 aromatic rings. The van der Waals surface area contributed by atoms with Crippen LogP contribution in [-0.4, -0.2) is 46.3 Å². The minimum atomic E-state index is 0.0814. The molecule has 2 heterocycles. The summed E-state index contributed by atoms with van der Waals surface area (Å²) in [5, 5.41) is 1.99. The Morgan fingerprint density at radius 1 is 0.852 bits per heavy atom. The number of thiazole rings is 2. The van der Waals surface area contributed by atoms with Crippen molar-refractivity contribution in [2.75, 3.05) is 20.6 Å². The van der Waals surface area contributed by atoms with Gasteiger partial charge in [-0.05, 0) is 31.3 Å². The third kappa shape index (κ3) is 4.16. The fourth-order valence-corrected chi connectivity index (χ4v) is 4.97. The first kappa shape index (κ1) is 18.0. The zero-order valence-electron chi connectivity index (χ0n) is 15.3. The van der Waals surface area contributed by atoms with Crippen LogP contribution in [0.5, 0.6) is 0 Å². The number of rotatable bonds is 6. The zero-order valence-corrected chi connectivity index (χ0v) is 16.9. The lowest BCUT2D eigenvalue weighted by Gasteiger charge is -2.20. The van der Waals surface area contributed by atoms with E-state index in [1.54, 1.807) is 27.6 Å². The first-order chi connectivity index (χ1) is 13.1. The zero-order chi connectivity index (χ0) is 18.8. The van der Waals surface area contributed by atoms with Crippen LogP contribution in [0.3, 0.4) is 0 Å². The Balaban J connectivity index is 1.35. The summed E-state index contributed by atoms with van der Waals surface area (Å²) in [6, 6.07) is 16.2. The Morgan fingerprint density at radius 2 is 1.37 bits per heavy atom. The molecule has 0 N–H and O–H groups in total. The van der Waals surface area contributed by atoms with Gasteiger partial charge in [0.25, 0.3) is 0 Å². The van der Waals surface area contributed by atoms with Crippen molar-refractivity contribution in [3.8, 4) is 0 Å². The molecule has 27 heavy (non-hydrogen) atoms. The van der Waals surface area contributed by atoms with Gasteiger partial charge < -0.3 is 4.90 Å². The van der Waals surface area contributed by atoms with Crippen molar-refractivity contribution in [1.82, 2.24) is 19.8 Å². The molecule has 0 fully saturated rings. The number of para-hydroxylation sites is 2. The van der Waals surface area contributed by atoms with Crippen molar-refractivity contribution in [3.63, 3.8) is 0 Å².